The zero-order chi connectivity index (χ0) is 12.3. The van der Waals surface area contributed by atoms with E-state index in [0.29, 0.717) is 13.1 Å². The van der Waals surface area contributed by atoms with Crippen LogP contribution in [0, 0.1) is 0 Å². The molecular weight excluding hydrogens is 208 g/mol. The van der Waals surface area contributed by atoms with E-state index in [2.05, 4.69) is 7.05 Å². The van der Waals surface area contributed by atoms with Gasteiger partial charge in [0.15, 0.2) is 0 Å². The molecule has 1 aliphatic heterocycles. The Morgan fingerprint density at radius 2 is 1.62 bits per heavy atom. The Morgan fingerprint density at radius 3 is 2.06 bits per heavy atom. The Hall–Kier alpha value is -1.36. The monoisotopic (exact) mass is 226 g/mol. The fourth-order valence-corrected chi connectivity index (χ4v) is 1.64. The van der Waals surface area contributed by atoms with Gasteiger partial charge in [0, 0.05) is 5.57 Å². The predicted octanol–water partition coefficient (Wildman–Crippen LogP) is -2.57. The van der Waals surface area contributed by atoms with Crippen LogP contribution in [0.3, 0.4) is 0 Å². The van der Waals surface area contributed by atoms with E-state index in [0.717, 1.165) is 13.1 Å². The third-order valence-corrected chi connectivity index (χ3v) is 3.09. The van der Waals surface area contributed by atoms with Crippen LogP contribution in [0.1, 0.15) is 13.8 Å². The van der Waals surface area contributed by atoms with Crippen LogP contribution >= 0.6 is 0 Å². The van der Waals surface area contributed by atoms with E-state index in [-0.39, 0.29) is 17.1 Å². The molecule has 0 aromatic carbocycles. The molecule has 1 fully saturated rings. The Labute approximate surface area is 95.3 Å². The second-order valence-corrected chi connectivity index (χ2v) is 4.29. The quantitative estimate of drug-likeness (QED) is 0.526. The molecule has 0 radical (unpaired) electrons. The van der Waals surface area contributed by atoms with Crippen molar-refractivity contribution >= 4 is 11.9 Å². The van der Waals surface area contributed by atoms with Crippen molar-refractivity contribution in [3.8, 4) is 0 Å². The number of carbonyl (C=O) groups excluding carboxylic acids is 2. The van der Waals surface area contributed by atoms with E-state index in [1.165, 1.54) is 11.8 Å². The zero-order valence-corrected chi connectivity index (χ0v) is 10.0. The second kappa shape index (κ2) is 5.12. The normalized spacial score (nSPS) is 19.3. The fourth-order valence-electron chi connectivity index (χ4n) is 1.64. The van der Waals surface area contributed by atoms with Crippen LogP contribution in [0.25, 0.3) is 0 Å². The molecule has 0 unspecified atom stereocenters. The van der Waals surface area contributed by atoms with E-state index in [4.69, 9.17) is 0 Å². The van der Waals surface area contributed by atoms with Crippen molar-refractivity contribution in [3.63, 3.8) is 0 Å². The molecule has 5 heteroatoms. The minimum absolute atomic E-state index is 0.0243. The summed E-state index contributed by atoms with van der Waals surface area (Å²) in [5.74, 6) is -1.46. The summed E-state index contributed by atoms with van der Waals surface area (Å²) in [6.45, 7) is 6.12. The first-order chi connectivity index (χ1) is 7.43. The maximum absolute atomic E-state index is 11.9. The number of likely N-dealkylation sites (N-methyl/N-ethyl adjacent to an activating group) is 1. The van der Waals surface area contributed by atoms with Crippen molar-refractivity contribution in [2.24, 2.45) is 0 Å². The lowest BCUT2D eigenvalue weighted by Gasteiger charge is -2.30. The summed E-state index contributed by atoms with van der Waals surface area (Å²) in [7, 11) is 2.08. The van der Waals surface area contributed by atoms with Crippen LogP contribution in [0.15, 0.2) is 11.1 Å². The number of piperazine rings is 1. The number of carboxylic acids is 1. The second-order valence-electron chi connectivity index (χ2n) is 4.29. The lowest BCUT2D eigenvalue weighted by Crippen LogP contribution is -3.12. The average molecular weight is 226 g/mol. The minimum atomic E-state index is -1.27. The molecule has 0 aromatic heterocycles. The minimum Gasteiger partial charge on any atom is -0.545 e. The van der Waals surface area contributed by atoms with Gasteiger partial charge in [-0.2, -0.15) is 0 Å². The molecule has 0 spiro atoms. The van der Waals surface area contributed by atoms with Gasteiger partial charge < -0.3 is 19.7 Å². The maximum Gasteiger partial charge on any atom is 0.250 e. The zero-order valence-electron chi connectivity index (χ0n) is 10.0. The molecule has 1 heterocycles. The van der Waals surface area contributed by atoms with Gasteiger partial charge in [-0.3, -0.25) is 4.79 Å². The van der Waals surface area contributed by atoms with Gasteiger partial charge in [0.25, 0.3) is 0 Å². The van der Waals surface area contributed by atoms with Crippen molar-refractivity contribution in [2.45, 2.75) is 13.8 Å². The van der Waals surface area contributed by atoms with E-state index in [9.17, 15) is 14.7 Å². The number of carbonyl (C=O) groups is 2. The molecule has 0 bridgehead atoms. The SMILES string of the molecule is C/C(C(=O)[O-])=C(\C)C(=O)N1CC[NH+](C)CC1. The predicted molar refractivity (Wildman–Crippen MR) is 56.6 cm³/mol. The van der Waals surface area contributed by atoms with Gasteiger partial charge >= 0.3 is 0 Å². The lowest BCUT2D eigenvalue weighted by molar-refractivity contribution is -0.883. The molecule has 1 saturated heterocycles. The standard InChI is InChI=1S/C11H18N2O3/c1-8(9(2)11(15)16)10(14)13-6-4-12(3)5-7-13/h4-7H2,1-3H3,(H,15,16)/b9-8-. The van der Waals surface area contributed by atoms with Crippen molar-refractivity contribution in [1.82, 2.24) is 4.90 Å². The van der Waals surface area contributed by atoms with Crippen molar-refractivity contribution in [1.29, 1.82) is 0 Å². The third kappa shape index (κ3) is 2.82. The number of hydrogen-bond acceptors (Lipinski definition) is 3. The molecule has 0 aromatic rings. The molecule has 1 N–H and O–H groups in total. The summed E-state index contributed by atoms with van der Waals surface area (Å²) in [6, 6.07) is 0. The Balaban J connectivity index is 2.71. The van der Waals surface area contributed by atoms with Crippen molar-refractivity contribution in [2.75, 3.05) is 33.2 Å². The molecule has 1 aliphatic rings. The van der Waals surface area contributed by atoms with Gasteiger partial charge in [0.2, 0.25) is 5.91 Å². The van der Waals surface area contributed by atoms with Crippen LogP contribution in [-0.4, -0.2) is 50.0 Å². The Morgan fingerprint density at radius 1 is 1.12 bits per heavy atom. The maximum atomic E-state index is 11.9. The van der Waals surface area contributed by atoms with E-state index in [1.807, 2.05) is 0 Å². The molecule has 0 saturated carbocycles. The summed E-state index contributed by atoms with van der Waals surface area (Å²) < 4.78 is 0. The molecular formula is C11H18N2O3. The Kier molecular flexibility index (Phi) is 4.06. The molecule has 5 nitrogen and oxygen atoms in total. The van der Waals surface area contributed by atoms with Gasteiger partial charge in [-0.15, -0.1) is 0 Å². The number of nitrogens with zero attached hydrogens (tertiary/aromatic N) is 1. The first-order valence-corrected chi connectivity index (χ1v) is 5.43. The summed E-state index contributed by atoms with van der Waals surface area (Å²) in [5, 5.41) is 10.6. The summed E-state index contributed by atoms with van der Waals surface area (Å²) in [5.41, 5.74) is 0.302. The van der Waals surface area contributed by atoms with E-state index >= 15 is 0 Å². The van der Waals surface area contributed by atoms with Crippen molar-refractivity contribution < 1.29 is 19.6 Å². The number of amides is 1. The molecule has 1 amide bonds. The first-order valence-electron chi connectivity index (χ1n) is 5.43. The highest BCUT2D eigenvalue weighted by molar-refractivity contribution is 6.00. The number of hydrogen-bond donors (Lipinski definition) is 1. The Bertz CT molecular complexity index is 328. The van der Waals surface area contributed by atoms with Crippen LogP contribution in [0.2, 0.25) is 0 Å². The highest BCUT2D eigenvalue weighted by atomic mass is 16.4. The van der Waals surface area contributed by atoms with Crippen molar-refractivity contribution in [3.05, 3.63) is 11.1 Å². The smallest absolute Gasteiger partial charge is 0.250 e. The number of rotatable bonds is 2. The number of aliphatic carboxylic acids is 1. The average Bonchev–Trinajstić information content (AvgIpc) is 2.27. The largest absolute Gasteiger partial charge is 0.545 e. The molecule has 90 valence electrons. The summed E-state index contributed by atoms with van der Waals surface area (Å²) in [4.78, 5) is 25.6. The lowest BCUT2D eigenvalue weighted by atomic mass is 10.1. The summed E-state index contributed by atoms with van der Waals surface area (Å²) >= 11 is 0. The number of quaternary nitrogens is 1. The van der Waals surface area contributed by atoms with Crippen LogP contribution in [0.4, 0.5) is 0 Å². The fraction of sp³-hybridized carbons (Fsp3) is 0.636. The topological polar surface area (TPSA) is 64.9 Å². The van der Waals surface area contributed by atoms with Gasteiger partial charge in [0.1, 0.15) is 0 Å². The van der Waals surface area contributed by atoms with Gasteiger partial charge in [-0.25, -0.2) is 0 Å². The van der Waals surface area contributed by atoms with Gasteiger partial charge in [0.05, 0.1) is 39.2 Å². The number of nitrogens with one attached hydrogen (secondary N) is 1. The van der Waals surface area contributed by atoms with Gasteiger partial charge in [-0.1, -0.05) is 0 Å². The highest BCUT2D eigenvalue weighted by Gasteiger charge is 2.23. The molecule has 0 atom stereocenters. The third-order valence-electron chi connectivity index (χ3n) is 3.09. The van der Waals surface area contributed by atoms with E-state index in [1.54, 1.807) is 11.8 Å². The van der Waals surface area contributed by atoms with Crippen LogP contribution in [-0.2, 0) is 9.59 Å². The van der Waals surface area contributed by atoms with Crippen LogP contribution in [0.5, 0.6) is 0 Å². The molecule has 0 aliphatic carbocycles. The summed E-state index contributed by atoms with van der Waals surface area (Å²) in [6.07, 6.45) is 0. The van der Waals surface area contributed by atoms with E-state index < -0.39 is 5.97 Å². The molecule has 1 rings (SSSR count). The first kappa shape index (κ1) is 12.7. The molecule has 16 heavy (non-hydrogen) atoms. The van der Waals surface area contributed by atoms with Gasteiger partial charge in [-0.05, 0) is 19.4 Å². The highest BCUT2D eigenvalue weighted by Crippen LogP contribution is 2.07. The number of carboxylic acid groups (broad SMARTS) is 1. The van der Waals surface area contributed by atoms with Crippen LogP contribution < -0.4 is 10.0 Å².